The lowest BCUT2D eigenvalue weighted by molar-refractivity contribution is 0.0856. The van der Waals surface area contributed by atoms with Gasteiger partial charge in [0, 0.05) is 22.3 Å². The van der Waals surface area contributed by atoms with E-state index in [-0.39, 0.29) is 17.6 Å². The first-order valence-corrected chi connectivity index (χ1v) is 8.70. The van der Waals surface area contributed by atoms with Crippen LogP contribution in [0.5, 0.6) is 0 Å². The summed E-state index contributed by atoms with van der Waals surface area (Å²) in [5, 5.41) is 0. The molecule has 1 aromatic heterocycles. The van der Waals surface area contributed by atoms with E-state index in [1.54, 1.807) is 0 Å². The van der Waals surface area contributed by atoms with Crippen molar-refractivity contribution in [3.05, 3.63) is 56.8 Å². The summed E-state index contributed by atoms with van der Waals surface area (Å²) in [7, 11) is 1.93. The Morgan fingerprint density at radius 1 is 1.21 bits per heavy atom. The Labute approximate surface area is 151 Å². The van der Waals surface area contributed by atoms with Crippen molar-refractivity contribution in [1.82, 2.24) is 9.88 Å². The first-order valence-electron chi connectivity index (χ1n) is 7.91. The van der Waals surface area contributed by atoms with Crippen molar-refractivity contribution >= 4 is 27.5 Å². The van der Waals surface area contributed by atoms with Crippen LogP contribution in [-0.2, 0) is 6.54 Å². The van der Waals surface area contributed by atoms with Crippen LogP contribution < -0.4 is 0 Å². The highest BCUT2D eigenvalue weighted by atomic mass is 79.9. The largest absolute Gasteiger partial charge is 0.355 e. The van der Waals surface area contributed by atoms with Gasteiger partial charge in [-0.05, 0) is 58.0 Å². The maximum absolute atomic E-state index is 12.8. The Hall–Kier alpha value is -1.72. The van der Waals surface area contributed by atoms with E-state index < -0.39 is 0 Å². The molecule has 0 saturated carbocycles. The van der Waals surface area contributed by atoms with Gasteiger partial charge in [0.25, 0.3) is 0 Å². The van der Waals surface area contributed by atoms with E-state index in [4.69, 9.17) is 0 Å². The average molecular weight is 391 g/mol. The molecular weight excluding hydrogens is 368 g/mol. The number of hydrogen-bond donors (Lipinski definition) is 1. The molecule has 128 valence electrons. The van der Waals surface area contributed by atoms with Crippen molar-refractivity contribution in [2.75, 3.05) is 7.05 Å². The molecule has 1 N–H and O–H groups in total. The molecule has 2 aromatic rings. The van der Waals surface area contributed by atoms with Gasteiger partial charge in [-0.25, -0.2) is 0 Å². The van der Waals surface area contributed by atoms with E-state index in [1.807, 2.05) is 57.0 Å². The molecule has 0 aliphatic carbocycles. The van der Waals surface area contributed by atoms with Crippen LogP contribution in [0.3, 0.4) is 0 Å². The van der Waals surface area contributed by atoms with Crippen molar-refractivity contribution in [1.29, 1.82) is 0 Å². The summed E-state index contributed by atoms with van der Waals surface area (Å²) in [6, 6.07) is 7.77. The Balaban J connectivity index is 2.18. The topological polar surface area (TPSA) is 53.2 Å². The minimum Gasteiger partial charge on any atom is -0.355 e. The number of H-pyrrole nitrogens is 1. The van der Waals surface area contributed by atoms with Gasteiger partial charge >= 0.3 is 0 Å². The fourth-order valence-electron chi connectivity index (χ4n) is 2.95. The van der Waals surface area contributed by atoms with E-state index in [1.165, 1.54) is 6.92 Å². The van der Waals surface area contributed by atoms with Crippen LogP contribution in [0.25, 0.3) is 0 Å². The normalized spacial score (nSPS) is 12.5. The second-order valence-corrected chi connectivity index (χ2v) is 7.18. The molecule has 0 aliphatic rings. The SMILES string of the molecule is CC(=O)c1c(C)[nH]c(C(=O)[C@H](C)N(C)Cc2ccc(Br)cc2)c1C. The highest BCUT2D eigenvalue weighted by molar-refractivity contribution is 9.10. The molecule has 0 bridgehead atoms. The third-order valence-corrected chi connectivity index (χ3v) is 4.95. The number of rotatable bonds is 6. The van der Waals surface area contributed by atoms with Crippen molar-refractivity contribution in [3.8, 4) is 0 Å². The Morgan fingerprint density at radius 3 is 2.29 bits per heavy atom. The van der Waals surface area contributed by atoms with E-state index in [2.05, 4.69) is 20.9 Å². The molecular formula is C19H23BrN2O2. The zero-order valence-electron chi connectivity index (χ0n) is 14.7. The maximum atomic E-state index is 12.8. The highest BCUT2D eigenvalue weighted by Gasteiger charge is 2.25. The summed E-state index contributed by atoms with van der Waals surface area (Å²) in [6.45, 7) is 7.76. The van der Waals surface area contributed by atoms with Gasteiger partial charge in [0.15, 0.2) is 11.6 Å². The molecule has 1 atom stereocenters. The average Bonchev–Trinajstić information content (AvgIpc) is 2.82. The van der Waals surface area contributed by atoms with Crippen molar-refractivity contribution in [3.63, 3.8) is 0 Å². The van der Waals surface area contributed by atoms with Gasteiger partial charge < -0.3 is 4.98 Å². The van der Waals surface area contributed by atoms with E-state index >= 15 is 0 Å². The minimum atomic E-state index is -0.287. The fourth-order valence-corrected chi connectivity index (χ4v) is 3.21. The predicted octanol–water partition coefficient (Wildman–Crippen LogP) is 4.30. The number of likely N-dealkylation sites (N-methyl/N-ethyl adjacent to an activating group) is 1. The first kappa shape index (κ1) is 18.6. The van der Waals surface area contributed by atoms with Crippen molar-refractivity contribution in [2.24, 2.45) is 0 Å². The lowest BCUT2D eigenvalue weighted by atomic mass is 10.0. The number of aryl methyl sites for hydroxylation is 1. The monoisotopic (exact) mass is 390 g/mol. The first-order chi connectivity index (χ1) is 11.2. The number of nitrogens with zero attached hydrogens (tertiary/aromatic N) is 1. The standard InChI is InChI=1S/C19H23BrN2O2/c1-11-17(14(4)23)12(2)21-18(11)19(24)13(3)22(5)10-15-6-8-16(20)9-7-15/h6-9,13,21H,10H2,1-5H3/t13-/m0/s1. The molecule has 0 fully saturated rings. The zero-order chi connectivity index (χ0) is 18.0. The van der Waals surface area contributed by atoms with Gasteiger partial charge in [0.2, 0.25) is 0 Å². The van der Waals surface area contributed by atoms with Gasteiger partial charge in [-0.15, -0.1) is 0 Å². The van der Waals surface area contributed by atoms with E-state index in [0.29, 0.717) is 17.8 Å². The number of nitrogens with one attached hydrogen (secondary N) is 1. The maximum Gasteiger partial charge on any atom is 0.196 e. The smallest absolute Gasteiger partial charge is 0.196 e. The summed E-state index contributed by atoms with van der Waals surface area (Å²) in [6.07, 6.45) is 0. The molecule has 0 unspecified atom stereocenters. The molecule has 0 saturated heterocycles. The predicted molar refractivity (Wildman–Crippen MR) is 99.7 cm³/mol. The highest BCUT2D eigenvalue weighted by Crippen LogP contribution is 2.21. The number of carbonyl (C=O) groups is 2. The summed E-state index contributed by atoms with van der Waals surface area (Å²) < 4.78 is 1.03. The summed E-state index contributed by atoms with van der Waals surface area (Å²) in [5.74, 6) is -0.0149. The minimum absolute atomic E-state index is 0.00251. The van der Waals surface area contributed by atoms with Gasteiger partial charge in [0.1, 0.15) is 0 Å². The van der Waals surface area contributed by atoms with Crippen LogP contribution in [0.4, 0.5) is 0 Å². The van der Waals surface area contributed by atoms with Crippen LogP contribution in [0.1, 0.15) is 51.5 Å². The van der Waals surface area contributed by atoms with Gasteiger partial charge in [-0.1, -0.05) is 28.1 Å². The van der Waals surface area contributed by atoms with Gasteiger partial charge in [-0.2, -0.15) is 0 Å². The number of benzene rings is 1. The Kier molecular flexibility index (Phi) is 5.78. The molecule has 5 heteroatoms. The Bertz CT molecular complexity index is 762. The van der Waals surface area contributed by atoms with Crippen LogP contribution >= 0.6 is 15.9 Å². The number of aromatic amines is 1. The summed E-state index contributed by atoms with van der Waals surface area (Å²) >= 11 is 3.42. The number of hydrogen-bond acceptors (Lipinski definition) is 3. The summed E-state index contributed by atoms with van der Waals surface area (Å²) in [5.41, 5.74) is 3.80. The number of halogens is 1. The van der Waals surface area contributed by atoms with Crippen LogP contribution in [0, 0.1) is 13.8 Å². The fraction of sp³-hybridized carbons (Fsp3) is 0.368. The third-order valence-electron chi connectivity index (χ3n) is 4.42. The van der Waals surface area contributed by atoms with Gasteiger partial charge in [-0.3, -0.25) is 14.5 Å². The van der Waals surface area contributed by atoms with Crippen LogP contribution in [0.2, 0.25) is 0 Å². The summed E-state index contributed by atoms with van der Waals surface area (Å²) in [4.78, 5) is 29.7. The molecule has 2 rings (SSSR count). The quantitative estimate of drug-likeness (QED) is 0.747. The number of ketones is 2. The van der Waals surface area contributed by atoms with E-state index in [9.17, 15) is 9.59 Å². The molecule has 24 heavy (non-hydrogen) atoms. The van der Waals surface area contributed by atoms with E-state index in [0.717, 1.165) is 21.3 Å². The Morgan fingerprint density at radius 2 is 1.79 bits per heavy atom. The lowest BCUT2D eigenvalue weighted by Crippen LogP contribution is -2.36. The molecule has 1 aromatic carbocycles. The number of carbonyl (C=O) groups excluding carboxylic acids is 2. The molecule has 0 spiro atoms. The lowest BCUT2D eigenvalue weighted by Gasteiger charge is -2.23. The van der Waals surface area contributed by atoms with Gasteiger partial charge in [0.05, 0.1) is 11.7 Å². The van der Waals surface area contributed by atoms with Crippen LogP contribution in [0.15, 0.2) is 28.7 Å². The van der Waals surface area contributed by atoms with Crippen LogP contribution in [-0.4, -0.2) is 34.5 Å². The zero-order valence-corrected chi connectivity index (χ0v) is 16.3. The number of aromatic nitrogens is 1. The van der Waals surface area contributed by atoms with Crippen molar-refractivity contribution < 1.29 is 9.59 Å². The second-order valence-electron chi connectivity index (χ2n) is 6.26. The molecule has 1 heterocycles. The molecule has 4 nitrogen and oxygen atoms in total. The number of Topliss-reactive ketones (excluding diaryl/α,β-unsaturated/α-hetero) is 2. The van der Waals surface area contributed by atoms with Crippen molar-refractivity contribution in [2.45, 2.75) is 40.3 Å². The molecule has 0 aliphatic heterocycles. The molecule has 0 amide bonds. The second kappa shape index (κ2) is 7.45. The third kappa shape index (κ3) is 3.84. The molecule has 0 radical (unpaired) electrons.